The van der Waals surface area contributed by atoms with Gasteiger partial charge < -0.3 is 4.74 Å². The van der Waals surface area contributed by atoms with Gasteiger partial charge in [-0.25, -0.2) is 9.97 Å². The molecule has 30 heavy (non-hydrogen) atoms. The van der Waals surface area contributed by atoms with Gasteiger partial charge in [0.2, 0.25) is 0 Å². The Bertz CT molecular complexity index is 1310. The number of aromatic nitrogens is 3. The third kappa shape index (κ3) is 3.34. The summed E-state index contributed by atoms with van der Waals surface area (Å²) < 4.78 is 8.50. The fourth-order valence-corrected chi connectivity index (χ4v) is 5.19. The summed E-state index contributed by atoms with van der Waals surface area (Å²) in [6.07, 6.45) is 2.48. The summed E-state index contributed by atoms with van der Waals surface area (Å²) in [5.41, 5.74) is 3.89. The molecule has 0 unspecified atom stereocenters. The molecule has 4 heterocycles. The molecule has 0 N–H and O–H groups in total. The zero-order valence-electron chi connectivity index (χ0n) is 17.6. The SMILES string of the molecule is CCCc1nc2c(sc3nc4c(cc32)COC(C)(C)C4)c(=O)n1Cc1ccccc1. The van der Waals surface area contributed by atoms with Crippen LogP contribution in [0.1, 0.15) is 49.8 Å². The topological polar surface area (TPSA) is 57.0 Å². The molecule has 4 aromatic rings. The maximum Gasteiger partial charge on any atom is 0.271 e. The van der Waals surface area contributed by atoms with E-state index in [1.807, 2.05) is 22.8 Å². The molecule has 1 aliphatic heterocycles. The van der Waals surface area contributed by atoms with Crippen molar-refractivity contribution >= 4 is 31.8 Å². The molecule has 0 fully saturated rings. The minimum Gasteiger partial charge on any atom is -0.370 e. The van der Waals surface area contributed by atoms with Gasteiger partial charge in [0.05, 0.1) is 30.0 Å². The second-order valence-electron chi connectivity index (χ2n) is 8.61. The number of benzene rings is 1. The lowest BCUT2D eigenvalue weighted by atomic mass is 9.95. The van der Waals surface area contributed by atoms with E-state index in [2.05, 4.69) is 39.0 Å². The van der Waals surface area contributed by atoms with Crippen molar-refractivity contribution in [1.29, 1.82) is 0 Å². The summed E-state index contributed by atoms with van der Waals surface area (Å²) in [7, 11) is 0. The number of pyridine rings is 1. The predicted molar refractivity (Wildman–Crippen MR) is 121 cm³/mol. The Morgan fingerprint density at radius 3 is 2.77 bits per heavy atom. The van der Waals surface area contributed by atoms with Crippen molar-refractivity contribution in [2.45, 2.75) is 58.8 Å². The van der Waals surface area contributed by atoms with Crippen LogP contribution in [0.3, 0.4) is 0 Å². The van der Waals surface area contributed by atoms with Crippen LogP contribution in [-0.4, -0.2) is 20.1 Å². The second-order valence-corrected chi connectivity index (χ2v) is 9.61. The maximum atomic E-state index is 13.5. The molecule has 0 saturated heterocycles. The van der Waals surface area contributed by atoms with Crippen LogP contribution in [0, 0.1) is 0 Å². The van der Waals surface area contributed by atoms with E-state index < -0.39 is 0 Å². The summed E-state index contributed by atoms with van der Waals surface area (Å²) in [6.45, 7) is 7.39. The van der Waals surface area contributed by atoms with Crippen molar-refractivity contribution < 1.29 is 4.74 Å². The van der Waals surface area contributed by atoms with E-state index in [1.165, 1.54) is 11.3 Å². The van der Waals surface area contributed by atoms with Crippen LogP contribution in [-0.2, 0) is 30.7 Å². The zero-order chi connectivity index (χ0) is 20.9. The molecule has 3 aromatic heterocycles. The van der Waals surface area contributed by atoms with Gasteiger partial charge in [0.15, 0.2) is 0 Å². The first-order valence-electron chi connectivity index (χ1n) is 10.5. The Morgan fingerprint density at radius 1 is 1.20 bits per heavy atom. The monoisotopic (exact) mass is 419 g/mol. The van der Waals surface area contributed by atoms with E-state index in [0.29, 0.717) is 17.9 Å². The molecule has 154 valence electrons. The molecule has 5 nitrogen and oxygen atoms in total. The number of ether oxygens (including phenoxy) is 1. The van der Waals surface area contributed by atoms with Crippen LogP contribution in [0.25, 0.3) is 20.4 Å². The minimum atomic E-state index is -0.209. The molecule has 5 rings (SSSR count). The minimum absolute atomic E-state index is 0.0323. The van der Waals surface area contributed by atoms with E-state index in [0.717, 1.165) is 57.6 Å². The van der Waals surface area contributed by atoms with Gasteiger partial charge in [-0.2, -0.15) is 0 Å². The van der Waals surface area contributed by atoms with E-state index in [4.69, 9.17) is 14.7 Å². The highest BCUT2D eigenvalue weighted by molar-refractivity contribution is 7.25. The fourth-order valence-electron chi connectivity index (χ4n) is 4.12. The lowest BCUT2D eigenvalue weighted by Gasteiger charge is -2.30. The Labute approximate surface area is 179 Å². The van der Waals surface area contributed by atoms with Crippen molar-refractivity contribution in [2.24, 2.45) is 0 Å². The van der Waals surface area contributed by atoms with Crippen molar-refractivity contribution in [3.8, 4) is 0 Å². The smallest absolute Gasteiger partial charge is 0.271 e. The first-order chi connectivity index (χ1) is 14.4. The first-order valence-corrected chi connectivity index (χ1v) is 11.3. The molecule has 1 aromatic carbocycles. The zero-order valence-corrected chi connectivity index (χ0v) is 18.4. The van der Waals surface area contributed by atoms with Gasteiger partial charge in [-0.1, -0.05) is 37.3 Å². The van der Waals surface area contributed by atoms with Crippen molar-refractivity contribution in [1.82, 2.24) is 14.5 Å². The van der Waals surface area contributed by atoms with Crippen LogP contribution < -0.4 is 5.56 Å². The van der Waals surface area contributed by atoms with Gasteiger partial charge in [-0.15, -0.1) is 11.3 Å². The maximum absolute atomic E-state index is 13.5. The molecule has 0 atom stereocenters. The molecule has 0 aliphatic carbocycles. The third-order valence-electron chi connectivity index (χ3n) is 5.69. The fraction of sp³-hybridized carbons (Fsp3) is 0.375. The predicted octanol–water partition coefficient (Wildman–Crippen LogP) is 4.86. The van der Waals surface area contributed by atoms with E-state index in [-0.39, 0.29) is 11.2 Å². The normalized spacial score (nSPS) is 15.6. The van der Waals surface area contributed by atoms with Gasteiger partial charge in [-0.05, 0) is 31.9 Å². The Balaban J connectivity index is 1.71. The highest BCUT2D eigenvalue weighted by atomic mass is 32.1. The lowest BCUT2D eigenvalue weighted by molar-refractivity contribution is -0.0411. The first kappa shape index (κ1) is 19.4. The molecular formula is C24H25N3O2S. The number of thiophene rings is 1. The molecule has 6 heteroatoms. The lowest BCUT2D eigenvalue weighted by Crippen LogP contribution is -2.32. The molecular weight excluding hydrogens is 394 g/mol. The second kappa shape index (κ2) is 7.29. The molecule has 0 radical (unpaired) electrons. The number of rotatable bonds is 4. The number of aryl methyl sites for hydroxylation is 1. The van der Waals surface area contributed by atoms with Crippen LogP contribution in [0.2, 0.25) is 0 Å². The van der Waals surface area contributed by atoms with Crippen LogP contribution >= 0.6 is 11.3 Å². The van der Waals surface area contributed by atoms with Crippen molar-refractivity contribution in [2.75, 3.05) is 0 Å². The molecule has 0 spiro atoms. The quantitative estimate of drug-likeness (QED) is 0.474. The summed E-state index contributed by atoms with van der Waals surface area (Å²) in [5.74, 6) is 0.841. The average Bonchev–Trinajstić information content (AvgIpc) is 3.07. The van der Waals surface area contributed by atoms with E-state index in [1.54, 1.807) is 0 Å². The van der Waals surface area contributed by atoms with Crippen LogP contribution in [0.5, 0.6) is 0 Å². The van der Waals surface area contributed by atoms with Crippen LogP contribution in [0.4, 0.5) is 0 Å². The number of nitrogens with zero attached hydrogens (tertiary/aromatic N) is 3. The third-order valence-corrected chi connectivity index (χ3v) is 6.76. The van der Waals surface area contributed by atoms with Crippen molar-refractivity contribution in [3.63, 3.8) is 0 Å². The Kier molecular flexibility index (Phi) is 4.71. The summed E-state index contributed by atoms with van der Waals surface area (Å²) in [5, 5.41) is 0.971. The Morgan fingerprint density at radius 2 is 2.00 bits per heavy atom. The number of hydrogen-bond acceptors (Lipinski definition) is 5. The molecule has 0 amide bonds. The van der Waals surface area contributed by atoms with Gasteiger partial charge >= 0.3 is 0 Å². The number of hydrogen-bond donors (Lipinski definition) is 0. The molecule has 0 saturated carbocycles. The summed E-state index contributed by atoms with van der Waals surface area (Å²) in [4.78, 5) is 24.3. The van der Waals surface area contributed by atoms with Gasteiger partial charge in [0.1, 0.15) is 15.4 Å². The van der Waals surface area contributed by atoms with E-state index in [9.17, 15) is 4.79 Å². The highest BCUT2D eigenvalue weighted by Gasteiger charge is 2.28. The van der Waals surface area contributed by atoms with Crippen LogP contribution in [0.15, 0.2) is 41.2 Å². The molecule has 1 aliphatic rings. The number of fused-ring (bicyclic) bond motifs is 4. The summed E-state index contributed by atoms with van der Waals surface area (Å²) in [6, 6.07) is 12.2. The Hall–Kier alpha value is -2.57. The van der Waals surface area contributed by atoms with Gasteiger partial charge in [0, 0.05) is 23.8 Å². The largest absolute Gasteiger partial charge is 0.370 e. The van der Waals surface area contributed by atoms with Gasteiger partial charge in [-0.3, -0.25) is 9.36 Å². The average molecular weight is 420 g/mol. The van der Waals surface area contributed by atoms with Crippen molar-refractivity contribution in [3.05, 3.63) is 69.4 Å². The van der Waals surface area contributed by atoms with Gasteiger partial charge in [0.25, 0.3) is 5.56 Å². The standard InChI is InChI=1S/C24H25N3O2S/c1-4-8-19-26-20-17-11-16-14-29-24(2,3)12-18(16)25-22(17)30-21(20)23(28)27(19)13-15-9-6-5-7-10-15/h5-7,9-11H,4,8,12-14H2,1-3H3. The van der Waals surface area contributed by atoms with E-state index >= 15 is 0 Å². The molecule has 0 bridgehead atoms. The highest BCUT2D eigenvalue weighted by Crippen LogP contribution is 2.35. The summed E-state index contributed by atoms with van der Waals surface area (Å²) >= 11 is 1.47.